The Morgan fingerprint density at radius 1 is 1.50 bits per heavy atom. The van der Waals surface area contributed by atoms with Crippen molar-refractivity contribution in [2.45, 2.75) is 26.2 Å². The monoisotopic (exact) mass is 252 g/mol. The molecule has 0 saturated heterocycles. The third-order valence-electron chi connectivity index (χ3n) is 2.54. The zero-order chi connectivity index (χ0) is 13.4. The van der Waals surface area contributed by atoms with Crippen LogP contribution >= 0.6 is 0 Å². The normalized spacial score (nSPS) is 10.1. The van der Waals surface area contributed by atoms with E-state index in [1.807, 2.05) is 13.1 Å². The van der Waals surface area contributed by atoms with E-state index in [2.05, 4.69) is 22.2 Å². The van der Waals surface area contributed by atoms with E-state index in [1.54, 1.807) is 4.90 Å². The van der Waals surface area contributed by atoms with Crippen LogP contribution in [0.15, 0.2) is 12.4 Å². The molecule has 1 rings (SSSR count). The molecule has 0 atom stereocenters. The molecule has 1 heterocycles. The number of carboxylic acid groups (broad SMARTS) is 1. The minimum Gasteiger partial charge on any atom is -0.481 e. The Morgan fingerprint density at radius 2 is 2.28 bits per heavy atom. The van der Waals surface area contributed by atoms with Gasteiger partial charge in [0.1, 0.15) is 18.0 Å². The molecule has 0 unspecified atom stereocenters. The lowest BCUT2D eigenvalue weighted by Gasteiger charge is -2.17. The largest absolute Gasteiger partial charge is 0.481 e. The van der Waals surface area contributed by atoms with Crippen molar-refractivity contribution < 1.29 is 9.90 Å². The second-order valence-corrected chi connectivity index (χ2v) is 4.11. The van der Waals surface area contributed by atoms with Crippen molar-refractivity contribution in [3.8, 4) is 0 Å². The van der Waals surface area contributed by atoms with Crippen LogP contribution in [0.5, 0.6) is 0 Å². The van der Waals surface area contributed by atoms with Gasteiger partial charge in [-0.05, 0) is 6.42 Å². The first-order chi connectivity index (χ1) is 8.63. The molecule has 6 heteroatoms. The van der Waals surface area contributed by atoms with Crippen molar-refractivity contribution in [3.63, 3.8) is 0 Å². The zero-order valence-corrected chi connectivity index (χ0v) is 10.9. The number of unbranched alkanes of at least 4 members (excludes halogenated alkanes) is 1. The first kappa shape index (κ1) is 14.2. The van der Waals surface area contributed by atoms with Gasteiger partial charge in [0.15, 0.2) is 0 Å². The van der Waals surface area contributed by atoms with E-state index in [9.17, 15) is 4.79 Å². The lowest BCUT2D eigenvalue weighted by Crippen LogP contribution is -2.22. The highest BCUT2D eigenvalue weighted by molar-refractivity contribution is 5.67. The average molecular weight is 252 g/mol. The van der Waals surface area contributed by atoms with E-state index in [0.717, 1.165) is 31.0 Å². The molecule has 0 aromatic carbocycles. The number of carbonyl (C=O) groups is 1. The second kappa shape index (κ2) is 7.47. The summed E-state index contributed by atoms with van der Waals surface area (Å²) in [7, 11) is 1.82. The number of carboxylic acids is 1. The summed E-state index contributed by atoms with van der Waals surface area (Å²) in [5, 5.41) is 11.8. The Bertz CT molecular complexity index is 384. The smallest absolute Gasteiger partial charge is 0.305 e. The van der Waals surface area contributed by atoms with Gasteiger partial charge in [-0.2, -0.15) is 0 Å². The van der Waals surface area contributed by atoms with Crippen LogP contribution in [0.3, 0.4) is 0 Å². The van der Waals surface area contributed by atoms with Crippen LogP contribution in [-0.2, 0) is 4.79 Å². The van der Waals surface area contributed by atoms with E-state index in [4.69, 9.17) is 5.11 Å². The summed E-state index contributed by atoms with van der Waals surface area (Å²) in [4.78, 5) is 20.6. The molecule has 0 saturated carbocycles. The van der Waals surface area contributed by atoms with Gasteiger partial charge in [-0.1, -0.05) is 13.3 Å². The summed E-state index contributed by atoms with van der Waals surface area (Å²) >= 11 is 0. The highest BCUT2D eigenvalue weighted by Crippen LogP contribution is 2.12. The Hall–Kier alpha value is -1.85. The minimum absolute atomic E-state index is 0.0963. The summed E-state index contributed by atoms with van der Waals surface area (Å²) < 4.78 is 0. The molecule has 0 aliphatic heterocycles. The van der Waals surface area contributed by atoms with Crippen molar-refractivity contribution in [1.82, 2.24) is 9.97 Å². The van der Waals surface area contributed by atoms with Gasteiger partial charge in [0.2, 0.25) is 0 Å². The van der Waals surface area contributed by atoms with Gasteiger partial charge in [-0.25, -0.2) is 9.97 Å². The van der Waals surface area contributed by atoms with Crippen molar-refractivity contribution in [2.75, 3.05) is 30.4 Å². The maximum Gasteiger partial charge on any atom is 0.305 e. The van der Waals surface area contributed by atoms with Crippen LogP contribution in [0.4, 0.5) is 11.6 Å². The van der Waals surface area contributed by atoms with E-state index in [1.165, 1.54) is 6.33 Å². The fraction of sp³-hybridized carbons (Fsp3) is 0.583. The van der Waals surface area contributed by atoms with Gasteiger partial charge >= 0.3 is 5.97 Å². The number of anilines is 2. The summed E-state index contributed by atoms with van der Waals surface area (Å²) in [6.07, 6.45) is 3.80. The van der Waals surface area contributed by atoms with Crippen molar-refractivity contribution in [2.24, 2.45) is 0 Å². The van der Waals surface area contributed by atoms with Crippen LogP contribution in [0.25, 0.3) is 0 Å². The maximum absolute atomic E-state index is 10.5. The Labute approximate surface area is 107 Å². The third kappa shape index (κ3) is 4.99. The van der Waals surface area contributed by atoms with Crippen molar-refractivity contribution in [1.29, 1.82) is 0 Å². The Morgan fingerprint density at radius 3 is 2.94 bits per heavy atom. The molecule has 1 aromatic rings. The Balaban J connectivity index is 2.54. The second-order valence-electron chi connectivity index (χ2n) is 4.11. The topological polar surface area (TPSA) is 78.4 Å². The van der Waals surface area contributed by atoms with Gasteiger partial charge in [-0.15, -0.1) is 0 Å². The zero-order valence-electron chi connectivity index (χ0n) is 10.9. The summed E-state index contributed by atoms with van der Waals surface area (Å²) in [5.41, 5.74) is 0. The standard InChI is InChI=1S/C12H20N4O2/c1-3-4-6-13-10-8-11(15-9-14-10)16(2)7-5-12(17)18/h8-9H,3-7H2,1-2H3,(H,17,18)(H,13,14,15). The highest BCUT2D eigenvalue weighted by atomic mass is 16.4. The number of aromatic nitrogens is 2. The molecular weight excluding hydrogens is 232 g/mol. The quantitative estimate of drug-likeness (QED) is 0.684. The van der Waals surface area contributed by atoms with E-state index in [0.29, 0.717) is 6.54 Å². The van der Waals surface area contributed by atoms with Gasteiger partial charge in [0, 0.05) is 26.2 Å². The van der Waals surface area contributed by atoms with E-state index in [-0.39, 0.29) is 6.42 Å². The number of hydrogen-bond acceptors (Lipinski definition) is 5. The first-order valence-electron chi connectivity index (χ1n) is 6.12. The predicted molar refractivity (Wildman–Crippen MR) is 71.0 cm³/mol. The molecule has 0 aliphatic carbocycles. The van der Waals surface area contributed by atoms with Gasteiger partial charge in [-0.3, -0.25) is 4.79 Å². The summed E-state index contributed by atoms with van der Waals surface area (Å²) in [6, 6.07) is 1.83. The van der Waals surface area contributed by atoms with Crippen molar-refractivity contribution in [3.05, 3.63) is 12.4 Å². The molecule has 0 fully saturated rings. The highest BCUT2D eigenvalue weighted by Gasteiger charge is 2.06. The lowest BCUT2D eigenvalue weighted by molar-refractivity contribution is -0.136. The fourth-order valence-electron chi connectivity index (χ4n) is 1.42. The molecule has 2 N–H and O–H groups in total. The molecule has 0 spiro atoms. The molecule has 6 nitrogen and oxygen atoms in total. The van der Waals surface area contributed by atoms with Gasteiger partial charge < -0.3 is 15.3 Å². The number of nitrogens with zero attached hydrogens (tertiary/aromatic N) is 3. The molecule has 0 bridgehead atoms. The number of nitrogens with one attached hydrogen (secondary N) is 1. The molecule has 1 aromatic heterocycles. The van der Waals surface area contributed by atoms with Crippen molar-refractivity contribution >= 4 is 17.6 Å². The van der Waals surface area contributed by atoms with Gasteiger partial charge in [0.05, 0.1) is 6.42 Å². The SMILES string of the molecule is CCCCNc1cc(N(C)CCC(=O)O)ncn1. The minimum atomic E-state index is -0.808. The van der Waals surface area contributed by atoms with Gasteiger partial charge in [0.25, 0.3) is 0 Å². The van der Waals surface area contributed by atoms with Crippen LogP contribution in [-0.4, -0.2) is 41.2 Å². The van der Waals surface area contributed by atoms with Crippen LogP contribution in [0.2, 0.25) is 0 Å². The number of hydrogen-bond donors (Lipinski definition) is 2. The van der Waals surface area contributed by atoms with Crippen LogP contribution in [0, 0.1) is 0 Å². The maximum atomic E-state index is 10.5. The third-order valence-corrected chi connectivity index (χ3v) is 2.54. The molecular formula is C12H20N4O2. The number of rotatable bonds is 8. The Kier molecular flexibility index (Phi) is 5.90. The number of aliphatic carboxylic acids is 1. The first-order valence-corrected chi connectivity index (χ1v) is 6.12. The summed E-state index contributed by atoms with van der Waals surface area (Å²) in [6.45, 7) is 3.44. The average Bonchev–Trinajstić information content (AvgIpc) is 2.36. The van der Waals surface area contributed by atoms with Crippen LogP contribution < -0.4 is 10.2 Å². The van der Waals surface area contributed by atoms with E-state index < -0.39 is 5.97 Å². The fourth-order valence-corrected chi connectivity index (χ4v) is 1.42. The summed E-state index contributed by atoms with van der Waals surface area (Å²) in [5.74, 6) is 0.693. The molecule has 100 valence electrons. The lowest BCUT2D eigenvalue weighted by atomic mass is 10.3. The molecule has 0 aliphatic rings. The molecule has 0 radical (unpaired) electrons. The molecule has 0 amide bonds. The molecule has 18 heavy (non-hydrogen) atoms. The predicted octanol–water partition coefficient (Wildman–Crippen LogP) is 1.60. The van der Waals surface area contributed by atoms with Crippen LogP contribution in [0.1, 0.15) is 26.2 Å². The van der Waals surface area contributed by atoms with E-state index >= 15 is 0 Å².